The molecule has 19 heavy (non-hydrogen) atoms. The molecule has 1 N–H and O–H groups in total. The Labute approximate surface area is 120 Å². The van der Waals surface area contributed by atoms with Crippen LogP contribution in [-0.2, 0) is 0 Å². The van der Waals surface area contributed by atoms with Gasteiger partial charge in [-0.3, -0.25) is 0 Å². The van der Waals surface area contributed by atoms with E-state index in [-0.39, 0.29) is 0 Å². The first-order valence-electron chi connectivity index (χ1n) is 6.83. The summed E-state index contributed by atoms with van der Waals surface area (Å²) >= 11 is 5.97. The van der Waals surface area contributed by atoms with Gasteiger partial charge in [-0.25, -0.2) is 0 Å². The lowest BCUT2D eigenvalue weighted by atomic mass is 9.80. The fourth-order valence-electron chi connectivity index (χ4n) is 2.38. The van der Waals surface area contributed by atoms with Gasteiger partial charge in [-0.1, -0.05) is 18.5 Å². The van der Waals surface area contributed by atoms with E-state index in [2.05, 4.69) is 34.4 Å². The molecule has 0 radical (unpaired) electrons. The number of halogens is 1. The van der Waals surface area contributed by atoms with Crippen LogP contribution in [0.25, 0.3) is 0 Å². The molecular weight excluding hydrogens is 260 g/mol. The minimum Gasteiger partial charge on any atom is -0.368 e. The summed E-state index contributed by atoms with van der Waals surface area (Å²) in [6.07, 6.45) is 2.44. The third-order valence-electron chi connectivity index (χ3n) is 4.34. The summed E-state index contributed by atoms with van der Waals surface area (Å²) in [6, 6.07) is 0. The molecule has 106 valence electrons. The Bertz CT molecular complexity index is 453. The van der Waals surface area contributed by atoms with Crippen LogP contribution in [0.2, 0.25) is 5.15 Å². The summed E-state index contributed by atoms with van der Waals surface area (Å²) in [5, 5.41) is 12.1. The summed E-state index contributed by atoms with van der Waals surface area (Å²) in [5.74, 6) is 0.863. The highest BCUT2D eigenvalue weighted by molar-refractivity contribution is 6.30. The topological polar surface area (TPSA) is 41.1 Å². The molecule has 1 aliphatic rings. The molecule has 1 aliphatic heterocycles. The van der Waals surface area contributed by atoms with Crippen molar-refractivity contribution in [1.29, 1.82) is 0 Å². The Morgan fingerprint density at radius 2 is 1.84 bits per heavy atom. The fourth-order valence-corrected chi connectivity index (χ4v) is 2.56. The van der Waals surface area contributed by atoms with Crippen molar-refractivity contribution in [3.8, 4) is 0 Å². The number of aromatic nitrogens is 2. The van der Waals surface area contributed by atoms with Crippen molar-refractivity contribution >= 4 is 17.4 Å². The summed E-state index contributed by atoms with van der Waals surface area (Å²) in [6.45, 7) is 9.64. The first-order chi connectivity index (χ1) is 8.91. The van der Waals surface area contributed by atoms with E-state index in [0.29, 0.717) is 10.6 Å². The first kappa shape index (κ1) is 14.5. The van der Waals surface area contributed by atoms with Gasteiger partial charge in [0, 0.05) is 6.54 Å². The van der Waals surface area contributed by atoms with Gasteiger partial charge in [-0.2, -0.15) is 0 Å². The molecule has 1 aromatic rings. The predicted molar refractivity (Wildman–Crippen MR) is 79.8 cm³/mol. The summed E-state index contributed by atoms with van der Waals surface area (Å²) in [5.41, 5.74) is 2.44. The standard InChI is InChI=1S/C14H23ClN4/c1-10-11(2)13(18-17-12(10)15)16-9-14(3)5-7-19(4)8-6-14/h5-9H2,1-4H3,(H,16,18). The maximum absolute atomic E-state index is 5.97. The van der Waals surface area contributed by atoms with Crippen molar-refractivity contribution in [3.05, 3.63) is 16.3 Å². The Kier molecular flexibility index (Phi) is 4.31. The second-order valence-electron chi connectivity index (χ2n) is 6.06. The van der Waals surface area contributed by atoms with Crippen LogP contribution < -0.4 is 5.32 Å². The molecule has 2 rings (SSSR count). The molecule has 0 spiro atoms. The van der Waals surface area contributed by atoms with Crippen molar-refractivity contribution in [2.75, 3.05) is 32.0 Å². The van der Waals surface area contributed by atoms with E-state index in [1.54, 1.807) is 0 Å². The SMILES string of the molecule is Cc1c(Cl)nnc(NCC2(C)CCN(C)CC2)c1C. The molecule has 1 fully saturated rings. The van der Waals surface area contributed by atoms with E-state index < -0.39 is 0 Å². The van der Waals surface area contributed by atoms with Crippen molar-refractivity contribution in [3.63, 3.8) is 0 Å². The van der Waals surface area contributed by atoms with E-state index in [9.17, 15) is 0 Å². The molecule has 1 aromatic heterocycles. The van der Waals surface area contributed by atoms with Crippen molar-refractivity contribution in [2.45, 2.75) is 33.6 Å². The van der Waals surface area contributed by atoms with Crippen molar-refractivity contribution in [1.82, 2.24) is 15.1 Å². The number of rotatable bonds is 3. The quantitative estimate of drug-likeness (QED) is 0.926. The molecule has 5 heteroatoms. The van der Waals surface area contributed by atoms with Gasteiger partial charge in [0.2, 0.25) is 0 Å². The highest BCUT2D eigenvalue weighted by Gasteiger charge is 2.28. The minimum atomic E-state index is 0.341. The molecule has 0 atom stereocenters. The smallest absolute Gasteiger partial charge is 0.155 e. The summed E-state index contributed by atoms with van der Waals surface area (Å²) < 4.78 is 0. The fraction of sp³-hybridized carbons (Fsp3) is 0.714. The molecular formula is C14H23ClN4. The third kappa shape index (κ3) is 3.37. The Balaban J connectivity index is 2.01. The number of likely N-dealkylation sites (tertiary alicyclic amines) is 1. The molecule has 0 bridgehead atoms. The van der Waals surface area contributed by atoms with Gasteiger partial charge in [0.05, 0.1) is 0 Å². The van der Waals surface area contributed by atoms with E-state index in [0.717, 1.165) is 23.5 Å². The van der Waals surface area contributed by atoms with Crippen LogP contribution in [0.15, 0.2) is 0 Å². The average Bonchev–Trinajstić information content (AvgIpc) is 2.39. The number of hydrogen-bond acceptors (Lipinski definition) is 4. The first-order valence-corrected chi connectivity index (χ1v) is 7.21. The van der Waals surface area contributed by atoms with Crippen LogP contribution in [0.3, 0.4) is 0 Å². The molecule has 4 nitrogen and oxygen atoms in total. The normalized spacial score (nSPS) is 19.4. The molecule has 2 heterocycles. The lowest BCUT2D eigenvalue weighted by molar-refractivity contribution is 0.150. The maximum Gasteiger partial charge on any atom is 0.155 e. The number of hydrogen-bond donors (Lipinski definition) is 1. The number of anilines is 1. The molecule has 0 saturated carbocycles. The van der Waals surface area contributed by atoms with Crippen LogP contribution in [-0.4, -0.2) is 41.8 Å². The van der Waals surface area contributed by atoms with Gasteiger partial charge in [0.15, 0.2) is 11.0 Å². The van der Waals surface area contributed by atoms with E-state index in [1.807, 2.05) is 13.8 Å². The zero-order valence-corrected chi connectivity index (χ0v) is 13.0. The molecule has 0 amide bonds. The van der Waals surface area contributed by atoms with Gasteiger partial charge < -0.3 is 10.2 Å². The maximum atomic E-state index is 5.97. The zero-order chi connectivity index (χ0) is 14.0. The number of nitrogens with zero attached hydrogens (tertiary/aromatic N) is 3. The van der Waals surface area contributed by atoms with Crippen LogP contribution in [0.4, 0.5) is 5.82 Å². The lowest BCUT2D eigenvalue weighted by Crippen LogP contribution is -2.40. The molecule has 1 saturated heterocycles. The molecule has 0 aromatic carbocycles. The van der Waals surface area contributed by atoms with Crippen LogP contribution >= 0.6 is 11.6 Å². The van der Waals surface area contributed by atoms with Gasteiger partial charge in [0.25, 0.3) is 0 Å². The predicted octanol–water partition coefficient (Wildman–Crippen LogP) is 2.89. The summed E-state index contributed by atoms with van der Waals surface area (Å²) in [4.78, 5) is 2.39. The van der Waals surface area contributed by atoms with Gasteiger partial charge >= 0.3 is 0 Å². The monoisotopic (exact) mass is 282 g/mol. The van der Waals surface area contributed by atoms with E-state index >= 15 is 0 Å². The van der Waals surface area contributed by atoms with Crippen molar-refractivity contribution < 1.29 is 0 Å². The lowest BCUT2D eigenvalue weighted by Gasteiger charge is -2.38. The summed E-state index contributed by atoms with van der Waals surface area (Å²) in [7, 11) is 2.19. The Hall–Kier alpha value is -0.870. The Morgan fingerprint density at radius 3 is 2.47 bits per heavy atom. The minimum absolute atomic E-state index is 0.341. The van der Waals surface area contributed by atoms with Gasteiger partial charge in [-0.15, -0.1) is 10.2 Å². The second-order valence-corrected chi connectivity index (χ2v) is 6.41. The largest absolute Gasteiger partial charge is 0.368 e. The number of nitrogens with one attached hydrogen (secondary N) is 1. The molecule has 0 unspecified atom stereocenters. The second kappa shape index (κ2) is 5.63. The van der Waals surface area contributed by atoms with Gasteiger partial charge in [0.1, 0.15) is 0 Å². The van der Waals surface area contributed by atoms with Gasteiger partial charge in [-0.05, 0) is 63.4 Å². The van der Waals surface area contributed by atoms with Crippen LogP contribution in [0, 0.1) is 19.3 Å². The molecule has 0 aliphatic carbocycles. The van der Waals surface area contributed by atoms with E-state index in [1.165, 1.54) is 25.9 Å². The van der Waals surface area contributed by atoms with E-state index in [4.69, 9.17) is 11.6 Å². The van der Waals surface area contributed by atoms with Crippen LogP contribution in [0.5, 0.6) is 0 Å². The third-order valence-corrected chi connectivity index (χ3v) is 4.70. The number of piperidine rings is 1. The van der Waals surface area contributed by atoms with Crippen LogP contribution in [0.1, 0.15) is 30.9 Å². The van der Waals surface area contributed by atoms with Crippen molar-refractivity contribution in [2.24, 2.45) is 5.41 Å². The Morgan fingerprint density at radius 1 is 1.21 bits per heavy atom. The highest BCUT2D eigenvalue weighted by atomic mass is 35.5. The average molecular weight is 283 g/mol. The highest BCUT2D eigenvalue weighted by Crippen LogP contribution is 2.31. The zero-order valence-electron chi connectivity index (χ0n) is 12.3.